The molecule has 0 bridgehead atoms. The lowest BCUT2D eigenvalue weighted by molar-refractivity contribution is -0.0837. The fourth-order valence-corrected chi connectivity index (χ4v) is 3.65. The summed E-state index contributed by atoms with van der Waals surface area (Å²) in [5.74, 6) is 0.690. The normalized spacial score (nSPS) is 41.4. The van der Waals surface area contributed by atoms with Gasteiger partial charge in [-0.1, -0.05) is 39.0 Å². The Balaban J connectivity index is 2.11. The molecule has 2 atom stereocenters. The third kappa shape index (κ3) is 2.07. The summed E-state index contributed by atoms with van der Waals surface area (Å²) < 4.78 is 0. The zero-order chi connectivity index (χ0) is 10.9. The maximum Gasteiger partial charge on any atom is 0.0826 e. The summed E-state index contributed by atoms with van der Waals surface area (Å²) >= 11 is 0. The zero-order valence-corrected chi connectivity index (χ0v) is 9.97. The molecule has 0 aromatic rings. The van der Waals surface area contributed by atoms with Crippen LogP contribution in [0, 0.1) is 5.92 Å². The average molecular weight is 211 g/mol. The van der Waals surface area contributed by atoms with Gasteiger partial charge in [-0.15, -0.1) is 0 Å². The van der Waals surface area contributed by atoms with Crippen LogP contribution in [0.3, 0.4) is 0 Å². The quantitative estimate of drug-likeness (QED) is 0.700. The van der Waals surface area contributed by atoms with Gasteiger partial charge in [-0.2, -0.15) is 0 Å². The summed E-state index contributed by atoms with van der Waals surface area (Å²) in [6.45, 7) is 2.27. The average Bonchev–Trinajstić information content (AvgIpc) is 2.18. The molecular formula is C13H25NO. The first-order valence-electron chi connectivity index (χ1n) is 6.57. The van der Waals surface area contributed by atoms with Crippen molar-refractivity contribution in [2.45, 2.75) is 75.9 Å². The number of rotatable bonds is 1. The molecule has 2 unspecified atom stereocenters. The Morgan fingerprint density at radius 2 is 1.73 bits per heavy atom. The van der Waals surface area contributed by atoms with Gasteiger partial charge in [0.15, 0.2) is 0 Å². The second-order valence-corrected chi connectivity index (χ2v) is 5.95. The molecule has 0 aromatic heterocycles. The minimum atomic E-state index is -0.556. The monoisotopic (exact) mass is 211 g/mol. The fraction of sp³-hybridized carbons (Fsp3) is 1.00. The molecule has 2 fully saturated rings. The highest BCUT2D eigenvalue weighted by Crippen LogP contribution is 2.44. The molecule has 15 heavy (non-hydrogen) atoms. The summed E-state index contributed by atoms with van der Waals surface area (Å²) in [7, 11) is 0. The first-order valence-corrected chi connectivity index (χ1v) is 6.57. The molecule has 2 heteroatoms. The number of hydrogen-bond donors (Lipinski definition) is 2. The highest BCUT2D eigenvalue weighted by molar-refractivity contribution is 5.06. The molecule has 88 valence electrons. The van der Waals surface area contributed by atoms with Crippen LogP contribution < -0.4 is 5.73 Å². The second kappa shape index (κ2) is 4.06. The van der Waals surface area contributed by atoms with Crippen molar-refractivity contribution in [3.8, 4) is 0 Å². The van der Waals surface area contributed by atoms with E-state index < -0.39 is 5.60 Å². The minimum absolute atomic E-state index is 0.287. The molecule has 3 N–H and O–H groups in total. The van der Waals surface area contributed by atoms with Crippen molar-refractivity contribution in [1.29, 1.82) is 0 Å². The lowest BCUT2D eigenvalue weighted by atomic mass is 9.63. The van der Waals surface area contributed by atoms with Gasteiger partial charge in [0.2, 0.25) is 0 Å². The van der Waals surface area contributed by atoms with Crippen LogP contribution in [0.2, 0.25) is 0 Å². The summed E-state index contributed by atoms with van der Waals surface area (Å²) in [5, 5.41) is 10.7. The molecule has 2 saturated carbocycles. The van der Waals surface area contributed by atoms with Gasteiger partial charge < -0.3 is 10.8 Å². The van der Waals surface area contributed by atoms with Gasteiger partial charge in [0, 0.05) is 5.54 Å². The molecule has 0 saturated heterocycles. The lowest BCUT2D eigenvalue weighted by Crippen LogP contribution is -2.63. The first kappa shape index (κ1) is 11.4. The maximum absolute atomic E-state index is 10.7. The number of aliphatic hydroxyl groups is 1. The Morgan fingerprint density at radius 1 is 1.07 bits per heavy atom. The van der Waals surface area contributed by atoms with E-state index in [0.717, 1.165) is 38.5 Å². The van der Waals surface area contributed by atoms with Crippen LogP contribution in [0.4, 0.5) is 0 Å². The molecular weight excluding hydrogens is 186 g/mol. The summed E-state index contributed by atoms with van der Waals surface area (Å²) in [4.78, 5) is 0. The van der Waals surface area contributed by atoms with Crippen molar-refractivity contribution in [3.05, 3.63) is 0 Å². The van der Waals surface area contributed by atoms with E-state index in [1.54, 1.807) is 0 Å². The SMILES string of the molecule is CC1CCCC(N)(C2(O)CCCCC2)C1. The van der Waals surface area contributed by atoms with Crippen molar-refractivity contribution in [2.75, 3.05) is 0 Å². The molecule has 0 radical (unpaired) electrons. The van der Waals surface area contributed by atoms with E-state index in [9.17, 15) is 5.11 Å². The van der Waals surface area contributed by atoms with E-state index in [1.807, 2.05) is 0 Å². The molecule has 2 nitrogen and oxygen atoms in total. The topological polar surface area (TPSA) is 46.2 Å². The maximum atomic E-state index is 10.7. The predicted octanol–water partition coefficient (Wildman–Crippen LogP) is 2.59. The molecule has 0 aliphatic heterocycles. The summed E-state index contributed by atoms with van der Waals surface area (Å²) in [5.41, 5.74) is 5.67. The third-order valence-corrected chi connectivity index (χ3v) is 4.64. The molecule has 2 aliphatic carbocycles. The van der Waals surface area contributed by atoms with Gasteiger partial charge in [0.05, 0.1) is 5.60 Å². The van der Waals surface area contributed by atoms with Crippen LogP contribution in [0.5, 0.6) is 0 Å². The van der Waals surface area contributed by atoms with Crippen molar-refractivity contribution in [2.24, 2.45) is 11.7 Å². The highest BCUT2D eigenvalue weighted by Gasteiger charge is 2.49. The molecule has 2 aliphatic rings. The van der Waals surface area contributed by atoms with Gasteiger partial charge in [-0.3, -0.25) is 0 Å². The highest BCUT2D eigenvalue weighted by atomic mass is 16.3. The Morgan fingerprint density at radius 3 is 2.33 bits per heavy atom. The number of hydrogen-bond acceptors (Lipinski definition) is 2. The van der Waals surface area contributed by atoms with Crippen LogP contribution in [0.25, 0.3) is 0 Å². The Kier molecular flexibility index (Phi) is 3.09. The van der Waals surface area contributed by atoms with Crippen LogP contribution in [0.15, 0.2) is 0 Å². The zero-order valence-electron chi connectivity index (χ0n) is 9.97. The van der Waals surface area contributed by atoms with E-state index in [4.69, 9.17) is 5.73 Å². The van der Waals surface area contributed by atoms with Gasteiger partial charge in [-0.05, 0) is 31.6 Å². The molecule has 0 aromatic carbocycles. The van der Waals surface area contributed by atoms with Gasteiger partial charge in [0.25, 0.3) is 0 Å². The first-order chi connectivity index (χ1) is 7.06. The fourth-order valence-electron chi connectivity index (χ4n) is 3.65. The van der Waals surface area contributed by atoms with E-state index in [2.05, 4.69) is 6.92 Å². The Bertz CT molecular complexity index is 223. The van der Waals surface area contributed by atoms with Crippen molar-refractivity contribution in [1.82, 2.24) is 0 Å². The van der Waals surface area contributed by atoms with E-state index >= 15 is 0 Å². The standard InChI is InChI=1S/C13H25NO/c1-11-6-5-7-12(14,10-11)13(15)8-3-2-4-9-13/h11,15H,2-10,14H2,1H3. The van der Waals surface area contributed by atoms with E-state index in [1.165, 1.54) is 19.3 Å². The number of nitrogens with two attached hydrogens (primary N) is 1. The largest absolute Gasteiger partial charge is 0.388 e. The van der Waals surface area contributed by atoms with Crippen LogP contribution in [-0.4, -0.2) is 16.2 Å². The smallest absolute Gasteiger partial charge is 0.0826 e. The van der Waals surface area contributed by atoms with Crippen molar-refractivity contribution < 1.29 is 5.11 Å². The summed E-state index contributed by atoms with van der Waals surface area (Å²) in [6.07, 6.45) is 9.96. The molecule has 0 spiro atoms. The van der Waals surface area contributed by atoms with Gasteiger partial charge in [-0.25, -0.2) is 0 Å². The molecule has 2 rings (SSSR count). The lowest BCUT2D eigenvalue weighted by Gasteiger charge is -2.50. The van der Waals surface area contributed by atoms with Crippen molar-refractivity contribution >= 4 is 0 Å². The Hall–Kier alpha value is -0.0800. The van der Waals surface area contributed by atoms with Gasteiger partial charge >= 0.3 is 0 Å². The van der Waals surface area contributed by atoms with E-state index in [0.29, 0.717) is 5.92 Å². The minimum Gasteiger partial charge on any atom is -0.388 e. The van der Waals surface area contributed by atoms with Crippen LogP contribution in [-0.2, 0) is 0 Å². The summed E-state index contributed by atoms with van der Waals surface area (Å²) in [6, 6.07) is 0. The Labute approximate surface area is 93.2 Å². The van der Waals surface area contributed by atoms with E-state index in [-0.39, 0.29) is 5.54 Å². The van der Waals surface area contributed by atoms with Gasteiger partial charge in [0.1, 0.15) is 0 Å². The van der Waals surface area contributed by atoms with Crippen LogP contribution >= 0.6 is 0 Å². The molecule has 0 heterocycles. The van der Waals surface area contributed by atoms with Crippen molar-refractivity contribution in [3.63, 3.8) is 0 Å². The van der Waals surface area contributed by atoms with Crippen LogP contribution in [0.1, 0.15) is 64.7 Å². The second-order valence-electron chi connectivity index (χ2n) is 5.95. The third-order valence-electron chi connectivity index (χ3n) is 4.64. The molecule has 0 amide bonds. The predicted molar refractivity (Wildman–Crippen MR) is 62.6 cm³/mol.